The van der Waals surface area contributed by atoms with Crippen LogP contribution in [0.2, 0.25) is 0 Å². The van der Waals surface area contributed by atoms with E-state index < -0.39 is 0 Å². The van der Waals surface area contributed by atoms with Gasteiger partial charge in [-0.1, -0.05) is 18.8 Å². The summed E-state index contributed by atoms with van der Waals surface area (Å²) in [6, 6.07) is 0. The summed E-state index contributed by atoms with van der Waals surface area (Å²) in [5.74, 6) is 14.5. The van der Waals surface area contributed by atoms with E-state index in [1.807, 2.05) is 6.92 Å². The predicted molar refractivity (Wildman–Crippen MR) is 121 cm³/mol. The van der Waals surface area contributed by atoms with Gasteiger partial charge in [0.25, 0.3) is 0 Å². The molecule has 2 heterocycles. The van der Waals surface area contributed by atoms with Gasteiger partial charge in [0.2, 0.25) is 0 Å². The summed E-state index contributed by atoms with van der Waals surface area (Å²) in [7, 11) is 0. The fraction of sp³-hybridized carbons (Fsp3) is 0.815. The summed E-state index contributed by atoms with van der Waals surface area (Å²) in [4.78, 5) is 12.2. The van der Waals surface area contributed by atoms with E-state index >= 15 is 0 Å². The van der Waals surface area contributed by atoms with Gasteiger partial charge in [0.15, 0.2) is 12.6 Å². The Morgan fingerprint density at radius 3 is 2.50 bits per heavy atom. The quantitative estimate of drug-likeness (QED) is 0.568. The second-order valence-electron chi connectivity index (χ2n) is 9.85. The molecule has 0 aromatic heterocycles. The molecule has 8 unspecified atom stereocenters. The van der Waals surface area contributed by atoms with Crippen molar-refractivity contribution in [3.05, 3.63) is 0 Å². The van der Waals surface area contributed by atoms with Gasteiger partial charge in [0.05, 0.1) is 12.0 Å². The maximum Gasteiger partial charge on any atom is 0.159 e. The van der Waals surface area contributed by atoms with Crippen molar-refractivity contribution in [1.29, 1.82) is 0 Å². The molecule has 4 aliphatic rings. The van der Waals surface area contributed by atoms with Crippen molar-refractivity contribution in [3.63, 3.8) is 0 Å². The summed E-state index contributed by atoms with van der Waals surface area (Å²) >= 11 is 0. The number of ketones is 1. The normalized spacial score (nSPS) is 36.4. The fourth-order valence-electron chi connectivity index (χ4n) is 5.55. The lowest BCUT2D eigenvalue weighted by Gasteiger charge is -2.29. The third-order valence-electron chi connectivity index (χ3n) is 7.37. The number of ether oxygens (including phenoxy) is 4. The molecule has 0 aromatic carbocycles. The molecule has 2 aliphatic carbocycles. The van der Waals surface area contributed by atoms with E-state index in [1.54, 1.807) is 0 Å². The highest BCUT2D eigenvalue weighted by atomic mass is 16.7. The molecule has 0 aromatic rings. The van der Waals surface area contributed by atoms with E-state index in [1.165, 1.54) is 0 Å². The first-order chi connectivity index (χ1) is 15.6. The van der Waals surface area contributed by atoms with Crippen LogP contribution in [0.4, 0.5) is 0 Å². The molecule has 2 saturated carbocycles. The number of Topliss-reactive ketones (excluding diaryl/α,β-unsaturated/α-hetero) is 1. The number of hydrogen-bond acceptors (Lipinski definition) is 5. The zero-order chi connectivity index (χ0) is 22.3. The largest absolute Gasteiger partial charge is 0.353 e. The van der Waals surface area contributed by atoms with Crippen molar-refractivity contribution in [3.8, 4) is 23.7 Å². The summed E-state index contributed by atoms with van der Waals surface area (Å²) in [6.45, 7) is 5.53. The van der Waals surface area contributed by atoms with Gasteiger partial charge in [0, 0.05) is 38.4 Å². The molecule has 4 rings (SSSR count). The predicted octanol–water partition coefficient (Wildman–Crippen LogP) is 4.48. The number of hydrogen-bond donors (Lipinski definition) is 0. The van der Waals surface area contributed by atoms with Gasteiger partial charge >= 0.3 is 0 Å². The molecule has 0 spiro atoms. The summed E-state index contributed by atoms with van der Waals surface area (Å²) < 4.78 is 24.4. The van der Waals surface area contributed by atoms with Crippen molar-refractivity contribution >= 4 is 5.78 Å². The highest BCUT2D eigenvalue weighted by molar-refractivity contribution is 5.81. The minimum atomic E-state index is -0.235. The minimum Gasteiger partial charge on any atom is -0.353 e. The second kappa shape index (κ2) is 11.7. The molecule has 0 radical (unpaired) electrons. The SMILES string of the molecule is CC#CCC(C)C(C#CC1C(OC2CCCCO2)CC2CC(=O)CC21)OC1CCCCO1. The third-order valence-corrected chi connectivity index (χ3v) is 7.37. The molecule has 8 atom stereocenters. The van der Waals surface area contributed by atoms with Crippen molar-refractivity contribution < 1.29 is 23.7 Å². The van der Waals surface area contributed by atoms with E-state index in [-0.39, 0.29) is 36.6 Å². The molecule has 0 amide bonds. The van der Waals surface area contributed by atoms with E-state index in [9.17, 15) is 4.79 Å². The lowest BCUT2D eigenvalue weighted by Crippen LogP contribution is -2.32. The van der Waals surface area contributed by atoms with Gasteiger partial charge < -0.3 is 18.9 Å². The van der Waals surface area contributed by atoms with Gasteiger partial charge in [-0.3, -0.25) is 4.79 Å². The van der Waals surface area contributed by atoms with Crippen LogP contribution in [-0.2, 0) is 23.7 Å². The molecule has 0 N–H and O–H groups in total. The molecular formula is C27H38O5. The highest BCUT2D eigenvalue weighted by Gasteiger charge is 2.49. The smallest absolute Gasteiger partial charge is 0.159 e. The Balaban J connectivity index is 1.49. The average molecular weight is 443 g/mol. The van der Waals surface area contributed by atoms with Crippen LogP contribution in [-0.4, -0.2) is 43.8 Å². The summed E-state index contributed by atoms with van der Waals surface area (Å²) in [5, 5.41) is 0. The number of fused-ring (bicyclic) bond motifs is 1. The van der Waals surface area contributed by atoms with Crippen molar-refractivity contribution in [1.82, 2.24) is 0 Å². The monoisotopic (exact) mass is 442 g/mol. The second-order valence-corrected chi connectivity index (χ2v) is 9.85. The lowest BCUT2D eigenvalue weighted by molar-refractivity contribution is -0.192. The lowest BCUT2D eigenvalue weighted by atomic mass is 9.91. The van der Waals surface area contributed by atoms with Crippen LogP contribution < -0.4 is 0 Å². The molecule has 4 fully saturated rings. The Morgan fingerprint density at radius 1 is 1.06 bits per heavy atom. The van der Waals surface area contributed by atoms with Crippen LogP contribution in [0.1, 0.15) is 78.1 Å². The van der Waals surface area contributed by atoms with Crippen molar-refractivity contribution in [2.24, 2.45) is 23.7 Å². The van der Waals surface area contributed by atoms with Crippen LogP contribution in [0, 0.1) is 47.4 Å². The highest BCUT2D eigenvalue weighted by Crippen LogP contribution is 2.48. The zero-order valence-corrected chi connectivity index (χ0v) is 19.6. The zero-order valence-electron chi connectivity index (χ0n) is 19.6. The first kappa shape index (κ1) is 23.8. The maximum atomic E-state index is 12.2. The van der Waals surface area contributed by atoms with Crippen molar-refractivity contribution in [2.75, 3.05) is 13.2 Å². The fourth-order valence-corrected chi connectivity index (χ4v) is 5.55. The molecular weight excluding hydrogens is 404 g/mol. The molecule has 2 aliphatic heterocycles. The topological polar surface area (TPSA) is 54.0 Å². The molecule has 0 bridgehead atoms. The van der Waals surface area contributed by atoms with E-state index in [4.69, 9.17) is 18.9 Å². The Kier molecular flexibility index (Phi) is 8.67. The van der Waals surface area contributed by atoms with Gasteiger partial charge in [-0.05, 0) is 63.7 Å². The molecule has 5 nitrogen and oxygen atoms in total. The maximum absolute atomic E-state index is 12.2. The Morgan fingerprint density at radius 2 is 1.81 bits per heavy atom. The molecule has 32 heavy (non-hydrogen) atoms. The van der Waals surface area contributed by atoms with Crippen LogP contribution in [0.25, 0.3) is 0 Å². The molecule has 2 saturated heterocycles. The average Bonchev–Trinajstić information content (AvgIpc) is 3.31. The van der Waals surface area contributed by atoms with Crippen LogP contribution in [0.3, 0.4) is 0 Å². The van der Waals surface area contributed by atoms with Crippen LogP contribution in [0.5, 0.6) is 0 Å². The summed E-state index contributed by atoms with van der Waals surface area (Å²) in [5.41, 5.74) is 0. The molecule has 5 heteroatoms. The van der Waals surface area contributed by atoms with Gasteiger partial charge in [-0.25, -0.2) is 0 Å². The van der Waals surface area contributed by atoms with Crippen LogP contribution in [0.15, 0.2) is 0 Å². The number of rotatable bonds is 6. The number of carbonyl (C=O) groups excluding carboxylic acids is 1. The molecule has 176 valence electrons. The Labute approximate surface area is 193 Å². The van der Waals surface area contributed by atoms with Gasteiger partial charge in [-0.15, -0.1) is 11.8 Å². The Hall–Kier alpha value is -1.37. The standard InChI is InChI=1S/C27H38O5/c1-3-4-9-19(2)24(31-26-10-5-7-14-29-26)13-12-22-23-18-21(28)16-20(23)17-25(22)32-27-11-6-8-15-30-27/h19-20,22-27H,5-11,14-18H2,1-2H3. The number of carbonyl (C=O) groups is 1. The first-order valence-electron chi connectivity index (χ1n) is 12.6. The van der Waals surface area contributed by atoms with Crippen LogP contribution >= 0.6 is 0 Å². The Bertz CT molecular complexity index is 743. The van der Waals surface area contributed by atoms with E-state index in [2.05, 4.69) is 30.6 Å². The minimum absolute atomic E-state index is 0.0334. The summed E-state index contributed by atoms with van der Waals surface area (Å²) in [6.07, 6.45) is 8.76. The van der Waals surface area contributed by atoms with Gasteiger partial charge in [0.1, 0.15) is 11.9 Å². The first-order valence-corrected chi connectivity index (χ1v) is 12.6. The van der Waals surface area contributed by atoms with Crippen molar-refractivity contribution in [2.45, 2.75) is 103 Å². The van der Waals surface area contributed by atoms with E-state index in [0.29, 0.717) is 30.5 Å². The third kappa shape index (κ3) is 6.15. The van der Waals surface area contributed by atoms with E-state index in [0.717, 1.165) is 64.6 Å². The van der Waals surface area contributed by atoms with Gasteiger partial charge in [-0.2, -0.15) is 0 Å².